The Morgan fingerprint density at radius 1 is 1.10 bits per heavy atom. The van der Waals surface area contributed by atoms with Crippen LogP contribution in [0.4, 0.5) is 0 Å². The summed E-state index contributed by atoms with van der Waals surface area (Å²) in [6.45, 7) is -0.0434. The molecule has 0 aromatic carbocycles. The van der Waals surface area contributed by atoms with Crippen LogP contribution in [0, 0.1) is 0 Å². The highest BCUT2D eigenvalue weighted by Gasteiger charge is 2.24. The quantitative estimate of drug-likeness (QED) is 0.610. The van der Waals surface area contributed by atoms with Gasteiger partial charge < -0.3 is 14.6 Å². The zero-order valence-electron chi connectivity index (χ0n) is 16.8. The van der Waals surface area contributed by atoms with Crippen LogP contribution >= 0.6 is 0 Å². The molecule has 1 saturated carbocycles. The Hall–Kier alpha value is -3.50. The summed E-state index contributed by atoms with van der Waals surface area (Å²) in [4.78, 5) is 49.3. The zero-order chi connectivity index (χ0) is 21.3. The Bertz CT molecular complexity index is 1170. The lowest BCUT2D eigenvalue weighted by Crippen LogP contribution is -2.41. The van der Waals surface area contributed by atoms with Crippen molar-refractivity contribution in [3.05, 3.63) is 45.6 Å². The molecule has 11 heteroatoms. The third kappa shape index (κ3) is 3.82. The van der Waals surface area contributed by atoms with Gasteiger partial charge in [-0.15, -0.1) is 0 Å². The van der Waals surface area contributed by atoms with Gasteiger partial charge in [-0.05, 0) is 31.7 Å². The Balaban J connectivity index is 1.37. The van der Waals surface area contributed by atoms with Gasteiger partial charge in [-0.1, -0.05) is 0 Å². The molecule has 1 N–H and O–H groups in total. The fourth-order valence-electron chi connectivity index (χ4n) is 3.77. The van der Waals surface area contributed by atoms with Gasteiger partial charge in [0, 0.05) is 32.5 Å². The van der Waals surface area contributed by atoms with Crippen LogP contribution in [0.15, 0.2) is 34.4 Å². The number of nitrogens with zero attached hydrogens (tertiary/aromatic N) is 6. The van der Waals surface area contributed by atoms with Crippen molar-refractivity contribution in [2.75, 3.05) is 0 Å². The summed E-state index contributed by atoms with van der Waals surface area (Å²) in [7, 11) is 2.95. The molecule has 0 aliphatic heterocycles. The van der Waals surface area contributed by atoms with E-state index in [4.69, 9.17) is 4.74 Å². The lowest BCUT2D eigenvalue weighted by Gasteiger charge is -2.28. The second kappa shape index (κ2) is 8.09. The van der Waals surface area contributed by atoms with E-state index in [1.165, 1.54) is 22.5 Å². The maximum atomic E-state index is 12.6. The predicted octanol–water partition coefficient (Wildman–Crippen LogP) is -0.270. The van der Waals surface area contributed by atoms with Crippen molar-refractivity contribution in [3.63, 3.8) is 0 Å². The van der Waals surface area contributed by atoms with Crippen molar-refractivity contribution in [2.45, 2.75) is 44.4 Å². The first-order chi connectivity index (χ1) is 14.4. The van der Waals surface area contributed by atoms with Gasteiger partial charge in [0.05, 0.1) is 6.33 Å². The van der Waals surface area contributed by atoms with Crippen LogP contribution in [0.2, 0.25) is 0 Å². The van der Waals surface area contributed by atoms with Gasteiger partial charge in [0.1, 0.15) is 12.6 Å². The SMILES string of the molecule is Cn1c(=O)c2c(ncn2CC(=O)NC2CCC(Oc3ncccn3)CC2)n(C)c1=O. The van der Waals surface area contributed by atoms with E-state index in [2.05, 4.69) is 20.3 Å². The van der Waals surface area contributed by atoms with Crippen molar-refractivity contribution in [3.8, 4) is 6.01 Å². The average molecular weight is 413 g/mol. The van der Waals surface area contributed by atoms with Crippen molar-refractivity contribution in [1.82, 2.24) is 34.0 Å². The van der Waals surface area contributed by atoms with Gasteiger partial charge in [-0.3, -0.25) is 18.7 Å². The molecule has 1 amide bonds. The van der Waals surface area contributed by atoms with Crippen LogP contribution in [-0.4, -0.2) is 46.7 Å². The third-order valence-corrected chi connectivity index (χ3v) is 5.38. The Labute approximate surface area is 171 Å². The number of nitrogens with one attached hydrogen (secondary N) is 1. The summed E-state index contributed by atoms with van der Waals surface area (Å²) in [6.07, 6.45) is 7.87. The second-order valence-electron chi connectivity index (χ2n) is 7.44. The van der Waals surface area contributed by atoms with Crippen molar-refractivity contribution < 1.29 is 9.53 Å². The van der Waals surface area contributed by atoms with Gasteiger partial charge in [0.25, 0.3) is 5.56 Å². The first-order valence-corrected chi connectivity index (χ1v) is 9.78. The number of carbonyl (C=O) groups is 1. The summed E-state index contributed by atoms with van der Waals surface area (Å²) in [5.74, 6) is -0.207. The maximum absolute atomic E-state index is 12.6. The van der Waals surface area contributed by atoms with Crippen LogP contribution in [-0.2, 0) is 25.4 Å². The van der Waals surface area contributed by atoms with Crippen molar-refractivity contribution in [2.24, 2.45) is 14.1 Å². The summed E-state index contributed by atoms with van der Waals surface area (Å²) < 4.78 is 9.56. The highest BCUT2D eigenvalue weighted by Crippen LogP contribution is 2.22. The summed E-state index contributed by atoms with van der Waals surface area (Å²) in [6, 6.07) is 2.14. The molecule has 1 aliphatic carbocycles. The van der Waals surface area contributed by atoms with Gasteiger partial charge in [-0.25, -0.2) is 19.7 Å². The largest absolute Gasteiger partial charge is 0.460 e. The number of hydrogen-bond donors (Lipinski definition) is 1. The molecule has 158 valence electrons. The van der Waals surface area contributed by atoms with Crippen LogP contribution in [0.25, 0.3) is 11.2 Å². The highest BCUT2D eigenvalue weighted by atomic mass is 16.5. The molecule has 0 bridgehead atoms. The maximum Gasteiger partial charge on any atom is 0.332 e. The van der Waals surface area contributed by atoms with E-state index in [0.29, 0.717) is 6.01 Å². The van der Waals surface area contributed by atoms with E-state index in [1.807, 2.05) is 0 Å². The smallest absolute Gasteiger partial charge is 0.332 e. The van der Waals surface area contributed by atoms with Crippen molar-refractivity contribution in [1.29, 1.82) is 0 Å². The fourth-order valence-corrected chi connectivity index (χ4v) is 3.77. The van der Waals surface area contributed by atoms with Crippen LogP contribution < -0.4 is 21.3 Å². The lowest BCUT2D eigenvalue weighted by molar-refractivity contribution is -0.122. The molecule has 4 rings (SSSR count). The first-order valence-electron chi connectivity index (χ1n) is 9.78. The Morgan fingerprint density at radius 3 is 2.50 bits per heavy atom. The molecule has 1 aliphatic rings. The Morgan fingerprint density at radius 2 is 1.80 bits per heavy atom. The number of ether oxygens (including phenoxy) is 1. The molecule has 3 heterocycles. The molecule has 0 unspecified atom stereocenters. The number of amides is 1. The molecule has 0 atom stereocenters. The molecule has 11 nitrogen and oxygen atoms in total. The monoisotopic (exact) mass is 413 g/mol. The molecule has 0 spiro atoms. The van der Waals surface area contributed by atoms with Crippen LogP contribution in [0.5, 0.6) is 6.01 Å². The normalized spacial score (nSPS) is 19.0. The van der Waals surface area contributed by atoms with Gasteiger partial charge in [0.15, 0.2) is 11.2 Å². The van der Waals surface area contributed by atoms with Crippen molar-refractivity contribution >= 4 is 17.1 Å². The number of aryl methyl sites for hydroxylation is 1. The molecule has 0 radical (unpaired) electrons. The minimum Gasteiger partial charge on any atom is -0.460 e. The Kier molecular flexibility index (Phi) is 5.34. The topological polar surface area (TPSA) is 126 Å². The number of hydrogen-bond acceptors (Lipinski definition) is 7. The van der Waals surface area contributed by atoms with E-state index < -0.39 is 11.2 Å². The second-order valence-corrected chi connectivity index (χ2v) is 7.44. The molecule has 30 heavy (non-hydrogen) atoms. The average Bonchev–Trinajstić information content (AvgIpc) is 3.16. The summed E-state index contributed by atoms with van der Waals surface area (Å²) in [5, 5.41) is 3.01. The van der Waals surface area contributed by atoms with Crippen LogP contribution in [0.3, 0.4) is 0 Å². The van der Waals surface area contributed by atoms with E-state index in [9.17, 15) is 14.4 Å². The molecule has 3 aromatic rings. The predicted molar refractivity (Wildman–Crippen MR) is 107 cm³/mol. The molecule has 0 saturated heterocycles. The van der Waals surface area contributed by atoms with Gasteiger partial charge in [0.2, 0.25) is 5.91 Å². The van der Waals surface area contributed by atoms with Gasteiger partial charge >= 0.3 is 11.7 Å². The first kappa shape index (κ1) is 19.8. The van der Waals surface area contributed by atoms with E-state index in [-0.39, 0.29) is 35.8 Å². The van der Waals surface area contributed by atoms with Crippen LogP contribution in [0.1, 0.15) is 25.7 Å². The number of aromatic nitrogens is 6. The van der Waals surface area contributed by atoms with Gasteiger partial charge in [-0.2, -0.15) is 0 Å². The molecule has 1 fully saturated rings. The lowest BCUT2D eigenvalue weighted by atomic mass is 9.93. The molecular formula is C19H23N7O4. The molecule has 3 aromatic heterocycles. The van der Waals surface area contributed by atoms with E-state index >= 15 is 0 Å². The van der Waals surface area contributed by atoms with E-state index in [0.717, 1.165) is 30.3 Å². The number of fused-ring (bicyclic) bond motifs is 1. The minimum absolute atomic E-state index is 0.0300. The third-order valence-electron chi connectivity index (χ3n) is 5.38. The minimum atomic E-state index is -0.473. The summed E-state index contributed by atoms with van der Waals surface area (Å²) in [5.41, 5.74) is -0.437. The number of imidazole rings is 1. The molecular weight excluding hydrogens is 390 g/mol. The number of rotatable bonds is 5. The standard InChI is InChI=1S/C19H23N7O4/c1-24-16-15(17(28)25(2)19(24)29)26(11-22-16)10-14(27)23-12-4-6-13(7-5-12)30-18-20-8-3-9-21-18/h3,8-9,11-13H,4-7,10H2,1-2H3,(H,23,27). The highest BCUT2D eigenvalue weighted by molar-refractivity contribution is 5.79. The number of carbonyl (C=O) groups excluding carboxylic acids is 1. The fraction of sp³-hybridized carbons (Fsp3) is 0.474. The summed E-state index contributed by atoms with van der Waals surface area (Å²) >= 11 is 0. The van der Waals surface area contributed by atoms with E-state index in [1.54, 1.807) is 25.5 Å². The zero-order valence-corrected chi connectivity index (χ0v) is 16.8.